The molecule has 0 aliphatic carbocycles. The number of amides is 2. The van der Waals surface area contributed by atoms with E-state index in [1.54, 1.807) is 18.2 Å². The Kier molecular flexibility index (Phi) is 6.54. The van der Waals surface area contributed by atoms with Crippen LogP contribution in [-0.4, -0.2) is 27.6 Å². The summed E-state index contributed by atoms with van der Waals surface area (Å²) in [4.78, 5) is 32.8. The maximum absolute atomic E-state index is 12.5. The smallest absolute Gasteiger partial charge is 0.270 e. The Morgan fingerprint density at radius 1 is 1.00 bits per heavy atom. The number of rotatable bonds is 7. The van der Waals surface area contributed by atoms with Crippen molar-refractivity contribution >= 4 is 35.1 Å². The van der Waals surface area contributed by atoms with E-state index in [1.165, 1.54) is 12.4 Å². The summed E-state index contributed by atoms with van der Waals surface area (Å²) < 4.78 is 0. The Morgan fingerprint density at radius 3 is 2.59 bits per heavy atom. The first-order valence-corrected chi connectivity index (χ1v) is 10.0. The minimum absolute atomic E-state index is 0.135. The van der Waals surface area contributed by atoms with Gasteiger partial charge in [-0.2, -0.15) is 0 Å². The molecular weight excluding hydrogens is 432 g/mol. The van der Waals surface area contributed by atoms with Crippen LogP contribution in [0, 0.1) is 0 Å². The number of anilines is 1. The van der Waals surface area contributed by atoms with Crippen LogP contribution in [0.1, 0.15) is 27.2 Å². The molecule has 32 heavy (non-hydrogen) atoms. The van der Waals surface area contributed by atoms with Gasteiger partial charge in [0.1, 0.15) is 17.8 Å². The van der Waals surface area contributed by atoms with Gasteiger partial charge in [-0.05, 0) is 23.3 Å². The number of benzene rings is 2. The molecule has 11 heteroatoms. The molecule has 5 N–H and O–H groups in total. The van der Waals surface area contributed by atoms with E-state index in [0.717, 1.165) is 16.7 Å². The van der Waals surface area contributed by atoms with Crippen molar-refractivity contribution in [3.63, 3.8) is 0 Å². The lowest BCUT2D eigenvalue weighted by atomic mass is 10.1. The average Bonchev–Trinajstić information content (AvgIpc) is 3.33. The van der Waals surface area contributed by atoms with Crippen LogP contribution in [0.25, 0.3) is 0 Å². The van der Waals surface area contributed by atoms with Crippen LogP contribution in [0.5, 0.6) is 0 Å². The SMILES string of the molecule is O=C(Cc1cccc(Cl)c1)Nc1cc(C(=O)NCc2ccc(C3=NNNN3)cc2)ncn1. The summed E-state index contributed by atoms with van der Waals surface area (Å²) in [7, 11) is 0. The van der Waals surface area contributed by atoms with Gasteiger partial charge >= 0.3 is 0 Å². The summed E-state index contributed by atoms with van der Waals surface area (Å²) in [6.45, 7) is 0.315. The number of hydrogen-bond donors (Lipinski definition) is 5. The molecule has 0 saturated carbocycles. The van der Waals surface area contributed by atoms with Gasteiger partial charge in [-0.3, -0.25) is 15.0 Å². The molecule has 2 aromatic carbocycles. The molecule has 10 nitrogen and oxygen atoms in total. The highest BCUT2D eigenvalue weighted by molar-refractivity contribution is 6.30. The molecule has 0 saturated heterocycles. The molecule has 0 radical (unpaired) electrons. The summed E-state index contributed by atoms with van der Waals surface area (Å²) >= 11 is 5.95. The molecule has 3 aromatic rings. The van der Waals surface area contributed by atoms with Crippen LogP contribution in [0.2, 0.25) is 5.02 Å². The first-order valence-electron chi connectivity index (χ1n) is 9.64. The number of nitrogens with one attached hydrogen (secondary N) is 5. The fraction of sp³-hybridized carbons (Fsp3) is 0.0952. The quantitative estimate of drug-likeness (QED) is 0.368. The molecule has 0 bridgehead atoms. The Labute approximate surface area is 188 Å². The van der Waals surface area contributed by atoms with Crippen LogP contribution in [0.3, 0.4) is 0 Å². The maximum Gasteiger partial charge on any atom is 0.270 e. The van der Waals surface area contributed by atoms with E-state index in [2.05, 4.69) is 42.2 Å². The first-order chi connectivity index (χ1) is 15.6. The van der Waals surface area contributed by atoms with Crippen molar-refractivity contribution in [2.24, 2.45) is 5.10 Å². The lowest BCUT2D eigenvalue weighted by Gasteiger charge is -2.08. The molecule has 1 aliphatic heterocycles. The van der Waals surface area contributed by atoms with Crippen molar-refractivity contribution < 1.29 is 9.59 Å². The average molecular weight is 451 g/mol. The number of amidine groups is 1. The van der Waals surface area contributed by atoms with Crippen LogP contribution >= 0.6 is 11.6 Å². The van der Waals surface area contributed by atoms with Crippen molar-refractivity contribution in [3.8, 4) is 0 Å². The number of halogens is 1. The third-order valence-corrected chi connectivity index (χ3v) is 4.74. The summed E-state index contributed by atoms with van der Waals surface area (Å²) in [6, 6.07) is 16.0. The highest BCUT2D eigenvalue weighted by Gasteiger charge is 2.12. The third-order valence-electron chi connectivity index (χ3n) is 4.51. The zero-order chi connectivity index (χ0) is 22.3. The summed E-state index contributed by atoms with van der Waals surface area (Å²) in [6.07, 6.45) is 1.37. The number of nitrogens with zero attached hydrogens (tertiary/aromatic N) is 3. The van der Waals surface area contributed by atoms with E-state index in [1.807, 2.05) is 30.3 Å². The molecule has 162 valence electrons. The molecule has 0 atom stereocenters. The van der Waals surface area contributed by atoms with E-state index in [9.17, 15) is 9.59 Å². The van der Waals surface area contributed by atoms with Crippen molar-refractivity contribution in [1.29, 1.82) is 0 Å². The molecule has 0 fully saturated rings. The minimum atomic E-state index is -0.378. The highest BCUT2D eigenvalue weighted by Crippen LogP contribution is 2.12. The molecule has 0 unspecified atom stereocenters. The molecule has 2 amide bonds. The Hall–Kier alpha value is -4.02. The molecule has 4 rings (SSSR count). The predicted octanol–water partition coefficient (Wildman–Crippen LogP) is 1.52. The maximum atomic E-state index is 12.5. The van der Waals surface area contributed by atoms with Crippen molar-refractivity contribution in [2.45, 2.75) is 13.0 Å². The summed E-state index contributed by atoms with van der Waals surface area (Å²) in [5, 5.41) is 10.1. The van der Waals surface area contributed by atoms with E-state index in [-0.39, 0.29) is 29.7 Å². The van der Waals surface area contributed by atoms with Crippen molar-refractivity contribution in [1.82, 2.24) is 31.8 Å². The zero-order valence-corrected chi connectivity index (χ0v) is 17.5. The van der Waals surface area contributed by atoms with Crippen molar-refractivity contribution in [2.75, 3.05) is 5.32 Å². The number of hydrazone groups is 1. The van der Waals surface area contributed by atoms with Gasteiger partial charge in [-0.1, -0.05) is 48.0 Å². The second-order valence-corrected chi connectivity index (χ2v) is 7.28. The number of carbonyl (C=O) groups is 2. The van der Waals surface area contributed by atoms with Crippen LogP contribution < -0.4 is 27.1 Å². The van der Waals surface area contributed by atoms with Gasteiger partial charge < -0.3 is 10.6 Å². The Balaban J connectivity index is 1.32. The van der Waals surface area contributed by atoms with Gasteiger partial charge in [-0.15, -0.1) is 10.6 Å². The minimum Gasteiger partial charge on any atom is -0.347 e. The van der Waals surface area contributed by atoms with Crippen LogP contribution in [-0.2, 0) is 17.8 Å². The molecule has 1 aliphatic rings. The van der Waals surface area contributed by atoms with Crippen LogP contribution in [0.4, 0.5) is 5.82 Å². The van der Waals surface area contributed by atoms with Gasteiger partial charge in [-0.25, -0.2) is 15.5 Å². The predicted molar refractivity (Wildman–Crippen MR) is 119 cm³/mol. The lowest BCUT2D eigenvalue weighted by Crippen LogP contribution is -2.35. The normalized spacial score (nSPS) is 12.3. The van der Waals surface area contributed by atoms with Gasteiger partial charge in [0, 0.05) is 23.2 Å². The Morgan fingerprint density at radius 2 is 1.84 bits per heavy atom. The van der Waals surface area contributed by atoms with E-state index < -0.39 is 0 Å². The number of hydrogen-bond acceptors (Lipinski definition) is 8. The topological polar surface area (TPSA) is 132 Å². The summed E-state index contributed by atoms with van der Waals surface area (Å²) in [5.74, 6) is 0.265. The van der Waals surface area contributed by atoms with Gasteiger partial charge in [0.25, 0.3) is 5.91 Å². The fourth-order valence-corrected chi connectivity index (χ4v) is 3.17. The molecule has 2 heterocycles. The zero-order valence-electron chi connectivity index (χ0n) is 16.7. The van der Waals surface area contributed by atoms with E-state index in [0.29, 0.717) is 17.4 Å². The highest BCUT2D eigenvalue weighted by atomic mass is 35.5. The molecule has 0 spiro atoms. The van der Waals surface area contributed by atoms with E-state index >= 15 is 0 Å². The second kappa shape index (κ2) is 9.86. The monoisotopic (exact) mass is 450 g/mol. The largest absolute Gasteiger partial charge is 0.347 e. The first kappa shape index (κ1) is 21.2. The standard InChI is InChI=1S/C21H19ClN8O2/c22-16-3-1-2-14(8-16)9-19(31)26-18-10-17(24-12-25-18)21(32)23-11-13-4-6-15(7-5-13)20-27-29-30-28-20/h1-8,10,12,29-30H,9,11H2,(H,23,32)(H,27,28)(H,24,25,26,31). The summed E-state index contributed by atoms with van der Waals surface area (Å²) in [5.41, 5.74) is 10.9. The van der Waals surface area contributed by atoms with Crippen LogP contribution in [0.15, 0.2) is 66.0 Å². The van der Waals surface area contributed by atoms with Gasteiger partial charge in [0.05, 0.1) is 6.42 Å². The second-order valence-electron chi connectivity index (χ2n) is 6.85. The molecule has 1 aromatic heterocycles. The van der Waals surface area contributed by atoms with Gasteiger partial charge in [0.15, 0.2) is 5.84 Å². The third kappa shape index (κ3) is 5.56. The van der Waals surface area contributed by atoms with E-state index in [4.69, 9.17) is 11.6 Å². The Bertz CT molecular complexity index is 1170. The lowest BCUT2D eigenvalue weighted by molar-refractivity contribution is -0.115. The molecular formula is C21H19ClN8O2. The number of aromatic nitrogens is 2. The van der Waals surface area contributed by atoms with Gasteiger partial charge in [0.2, 0.25) is 5.91 Å². The number of carbonyl (C=O) groups excluding carboxylic acids is 2. The number of hydrazine groups is 2. The fourth-order valence-electron chi connectivity index (χ4n) is 2.96. The van der Waals surface area contributed by atoms with Crippen molar-refractivity contribution in [3.05, 3.63) is 88.3 Å².